The Morgan fingerprint density at radius 3 is 2.04 bits per heavy atom. The van der Waals surface area contributed by atoms with Crippen LogP contribution in [0, 0.1) is 11.8 Å². The maximum absolute atomic E-state index is 11.4. The molecule has 2 aromatic carbocycles. The first-order valence-electron chi connectivity index (χ1n) is 9.00. The number of quaternary nitrogens is 1. The predicted molar refractivity (Wildman–Crippen MR) is 96.7 cm³/mol. The van der Waals surface area contributed by atoms with Crippen molar-refractivity contribution in [3.8, 4) is 23.0 Å². The van der Waals surface area contributed by atoms with Crippen molar-refractivity contribution >= 4 is 0 Å². The minimum absolute atomic E-state index is 0.467. The summed E-state index contributed by atoms with van der Waals surface area (Å²) in [6, 6.07) is 16.3. The molecule has 24 heavy (non-hydrogen) atoms. The Morgan fingerprint density at radius 2 is 1.42 bits per heavy atom. The molecule has 2 N–H and O–H groups in total. The van der Waals surface area contributed by atoms with Crippen LogP contribution >= 0.6 is 0 Å². The van der Waals surface area contributed by atoms with Crippen molar-refractivity contribution in [3.63, 3.8) is 0 Å². The van der Waals surface area contributed by atoms with E-state index in [1.807, 2.05) is 36.4 Å². The molecule has 0 atom stereocenters. The number of aliphatic hydroxyl groups is 1. The molecule has 0 radical (unpaired) electrons. The zero-order chi connectivity index (χ0) is 16.4. The van der Waals surface area contributed by atoms with Crippen LogP contribution in [0.3, 0.4) is 0 Å². The number of hydrogen-bond donors (Lipinski definition) is 2. The smallest absolute Gasteiger partial charge is 0.139 e. The number of benzene rings is 2. The molecular formula is C22H24NO+. The number of piperidine rings is 1. The Balaban J connectivity index is 1.58. The molecule has 2 aliphatic rings. The zero-order valence-electron chi connectivity index (χ0n) is 14.0. The van der Waals surface area contributed by atoms with Crippen LogP contribution in [0.25, 0.3) is 11.1 Å². The molecule has 1 saturated heterocycles. The standard InChI is InChI=1S/C22H23NO/c24-22(14-6-9-17-23-15-7-1-8-16-23)20-12-4-2-10-18(20)19-11-3-5-13-21(19)22/h2-5,10-13,24H,1,7-8,14-17H2/p+1. The van der Waals surface area contributed by atoms with Gasteiger partial charge >= 0.3 is 0 Å². The van der Waals surface area contributed by atoms with E-state index in [1.165, 1.54) is 32.4 Å². The third-order valence-corrected chi connectivity index (χ3v) is 5.40. The van der Waals surface area contributed by atoms with Gasteiger partial charge in [-0.05, 0) is 47.4 Å². The Morgan fingerprint density at radius 1 is 0.833 bits per heavy atom. The monoisotopic (exact) mass is 318 g/mol. The van der Waals surface area contributed by atoms with E-state index in [2.05, 4.69) is 24.0 Å². The van der Waals surface area contributed by atoms with Gasteiger partial charge in [-0.1, -0.05) is 54.5 Å². The first kappa shape index (κ1) is 15.4. The summed E-state index contributed by atoms with van der Waals surface area (Å²) in [4.78, 5) is 1.59. The highest BCUT2D eigenvalue weighted by Gasteiger charge is 2.40. The SMILES string of the molecule is OC1(CC#CC[NH+]2CCCCC2)c2ccccc2-c2ccccc21. The summed E-state index contributed by atoms with van der Waals surface area (Å²) in [5.41, 5.74) is 3.28. The number of nitrogens with one attached hydrogen (secondary N) is 1. The lowest BCUT2D eigenvalue weighted by Gasteiger charge is -2.23. The van der Waals surface area contributed by atoms with Crippen molar-refractivity contribution in [2.24, 2.45) is 0 Å². The van der Waals surface area contributed by atoms with Gasteiger partial charge in [-0.3, -0.25) is 0 Å². The summed E-state index contributed by atoms with van der Waals surface area (Å²) in [5, 5.41) is 11.4. The quantitative estimate of drug-likeness (QED) is 0.817. The first-order chi connectivity index (χ1) is 11.8. The van der Waals surface area contributed by atoms with Crippen LogP contribution in [0.4, 0.5) is 0 Å². The normalized spacial score (nSPS) is 18.4. The van der Waals surface area contributed by atoms with Crippen molar-refractivity contribution in [2.45, 2.75) is 31.3 Å². The average Bonchev–Trinajstić information content (AvgIpc) is 2.90. The molecule has 1 fully saturated rings. The van der Waals surface area contributed by atoms with E-state index >= 15 is 0 Å². The Bertz CT molecular complexity index is 747. The van der Waals surface area contributed by atoms with Crippen molar-refractivity contribution in [1.82, 2.24) is 0 Å². The summed E-state index contributed by atoms with van der Waals surface area (Å²) < 4.78 is 0. The number of likely N-dealkylation sites (tertiary alicyclic amines) is 1. The fraction of sp³-hybridized carbons (Fsp3) is 0.364. The molecule has 122 valence electrons. The minimum atomic E-state index is -0.975. The van der Waals surface area contributed by atoms with E-state index in [1.54, 1.807) is 4.90 Å². The van der Waals surface area contributed by atoms with E-state index in [-0.39, 0.29) is 0 Å². The predicted octanol–water partition coefficient (Wildman–Crippen LogP) is 2.37. The molecule has 1 heterocycles. The molecule has 1 aliphatic carbocycles. The zero-order valence-corrected chi connectivity index (χ0v) is 14.0. The Kier molecular flexibility index (Phi) is 4.14. The van der Waals surface area contributed by atoms with Gasteiger partial charge in [-0.15, -0.1) is 0 Å². The van der Waals surface area contributed by atoms with E-state index in [0.29, 0.717) is 6.42 Å². The molecule has 2 heteroatoms. The van der Waals surface area contributed by atoms with Crippen LogP contribution in [0.1, 0.15) is 36.8 Å². The van der Waals surface area contributed by atoms with Crippen molar-refractivity contribution in [1.29, 1.82) is 0 Å². The summed E-state index contributed by atoms with van der Waals surface area (Å²) in [6.07, 6.45) is 4.47. The molecule has 4 rings (SSSR count). The van der Waals surface area contributed by atoms with Gasteiger partial charge in [0.25, 0.3) is 0 Å². The van der Waals surface area contributed by atoms with Gasteiger partial charge in [0.1, 0.15) is 12.1 Å². The maximum atomic E-state index is 11.4. The largest absolute Gasteiger partial charge is 0.379 e. The molecule has 0 bridgehead atoms. The lowest BCUT2D eigenvalue weighted by molar-refractivity contribution is -0.897. The topological polar surface area (TPSA) is 24.7 Å². The lowest BCUT2D eigenvalue weighted by atomic mass is 9.88. The first-order valence-corrected chi connectivity index (χ1v) is 9.00. The van der Waals surface area contributed by atoms with Gasteiger partial charge in [0.15, 0.2) is 0 Å². The van der Waals surface area contributed by atoms with Crippen LogP contribution in [0.15, 0.2) is 48.5 Å². The Labute approximate surface area is 144 Å². The van der Waals surface area contributed by atoms with Crippen molar-refractivity contribution < 1.29 is 10.0 Å². The summed E-state index contributed by atoms with van der Waals surface area (Å²) in [7, 11) is 0. The van der Waals surface area contributed by atoms with Crippen molar-refractivity contribution in [3.05, 3.63) is 59.7 Å². The summed E-state index contributed by atoms with van der Waals surface area (Å²) in [6.45, 7) is 3.38. The second-order valence-corrected chi connectivity index (χ2v) is 6.97. The molecule has 0 unspecified atom stereocenters. The van der Waals surface area contributed by atoms with Crippen molar-refractivity contribution in [2.75, 3.05) is 19.6 Å². The van der Waals surface area contributed by atoms with Gasteiger partial charge < -0.3 is 10.0 Å². The second kappa shape index (κ2) is 6.43. The molecule has 0 aromatic heterocycles. The van der Waals surface area contributed by atoms with Gasteiger partial charge in [0, 0.05) is 6.42 Å². The van der Waals surface area contributed by atoms with Crippen LogP contribution < -0.4 is 4.90 Å². The van der Waals surface area contributed by atoms with E-state index < -0.39 is 5.60 Å². The Hall–Kier alpha value is -2.08. The van der Waals surface area contributed by atoms with E-state index in [9.17, 15) is 5.11 Å². The lowest BCUT2D eigenvalue weighted by Crippen LogP contribution is -3.12. The molecule has 2 aromatic rings. The molecule has 2 nitrogen and oxygen atoms in total. The van der Waals surface area contributed by atoms with E-state index in [4.69, 9.17) is 0 Å². The highest BCUT2D eigenvalue weighted by atomic mass is 16.3. The number of rotatable bonds is 2. The number of hydrogen-bond acceptors (Lipinski definition) is 1. The molecule has 0 spiro atoms. The summed E-state index contributed by atoms with van der Waals surface area (Å²) in [5.74, 6) is 6.60. The van der Waals surface area contributed by atoms with E-state index in [0.717, 1.165) is 28.8 Å². The average molecular weight is 318 g/mol. The maximum Gasteiger partial charge on any atom is 0.139 e. The highest BCUT2D eigenvalue weighted by molar-refractivity contribution is 5.80. The number of fused-ring (bicyclic) bond motifs is 3. The van der Waals surface area contributed by atoms with Gasteiger partial charge in [-0.25, -0.2) is 0 Å². The van der Waals surface area contributed by atoms with Gasteiger partial charge in [0.05, 0.1) is 13.1 Å². The van der Waals surface area contributed by atoms with Crippen LogP contribution in [-0.4, -0.2) is 24.7 Å². The van der Waals surface area contributed by atoms with Gasteiger partial charge in [0.2, 0.25) is 0 Å². The summed E-state index contributed by atoms with van der Waals surface area (Å²) >= 11 is 0. The second-order valence-electron chi connectivity index (χ2n) is 6.97. The third-order valence-electron chi connectivity index (χ3n) is 5.40. The molecule has 0 amide bonds. The van der Waals surface area contributed by atoms with Gasteiger partial charge in [-0.2, -0.15) is 0 Å². The third kappa shape index (κ3) is 2.65. The minimum Gasteiger partial charge on any atom is -0.379 e. The molecule has 0 saturated carbocycles. The fourth-order valence-electron chi connectivity index (χ4n) is 4.10. The van der Waals surface area contributed by atoms with Crippen LogP contribution in [0.5, 0.6) is 0 Å². The highest BCUT2D eigenvalue weighted by Crippen LogP contribution is 2.48. The fourth-order valence-corrected chi connectivity index (χ4v) is 4.10. The van der Waals surface area contributed by atoms with Crippen LogP contribution in [0.2, 0.25) is 0 Å². The molecular weight excluding hydrogens is 294 g/mol. The molecule has 1 aliphatic heterocycles. The van der Waals surface area contributed by atoms with Crippen LogP contribution in [-0.2, 0) is 5.60 Å².